The molecular formula is C34H45N6O5P. The molecule has 1 aliphatic heterocycles. The first-order chi connectivity index (χ1) is 21.8. The van der Waals surface area contributed by atoms with Crippen LogP contribution in [0.15, 0.2) is 41.3 Å². The van der Waals surface area contributed by atoms with Crippen LogP contribution in [0.4, 0.5) is 5.95 Å². The van der Waals surface area contributed by atoms with Crippen LogP contribution >= 0.6 is 8.53 Å². The van der Waals surface area contributed by atoms with Crippen molar-refractivity contribution in [1.29, 1.82) is 5.26 Å². The predicted molar refractivity (Wildman–Crippen MR) is 180 cm³/mol. The summed E-state index contributed by atoms with van der Waals surface area (Å²) in [5, 5.41) is 12.2. The standard InChI is InChI=1S/C34H45N6O5P/c1-9-26-27(45-46(43-19-13-18-35)40(22(2)3)23(4)5)20-28(44-26)39-21-25(17-16-24-14-11-10-12-15-24)29-30(39)36-33(37-31(29)41)38-32(42)34(6,7)8/h10-12,14-15,21-23,26-28H,9,13,19-20H2,1-8H3,(H2,36,37,38,41,42)/t26-,27?,28-,46?/m1/s1. The fourth-order valence-corrected chi connectivity index (χ4v) is 7.00. The van der Waals surface area contributed by atoms with Crippen molar-refractivity contribution >= 4 is 31.4 Å². The molecule has 11 nitrogen and oxygen atoms in total. The third-order valence-electron chi connectivity index (χ3n) is 7.49. The average Bonchev–Trinajstić information content (AvgIpc) is 3.57. The number of ether oxygens (including phenoxy) is 1. The van der Waals surface area contributed by atoms with E-state index in [4.69, 9.17) is 24.0 Å². The minimum absolute atomic E-state index is 0.0519. The van der Waals surface area contributed by atoms with Gasteiger partial charge in [0.1, 0.15) is 6.23 Å². The van der Waals surface area contributed by atoms with Gasteiger partial charge >= 0.3 is 0 Å². The lowest BCUT2D eigenvalue weighted by atomic mass is 9.96. The van der Waals surface area contributed by atoms with Crippen LogP contribution in [-0.4, -0.2) is 56.0 Å². The number of carbonyl (C=O) groups is 1. The number of carbonyl (C=O) groups excluding carboxylic acids is 1. The molecule has 1 fully saturated rings. The molecule has 3 heterocycles. The molecule has 1 amide bonds. The van der Waals surface area contributed by atoms with Crippen LogP contribution in [0.1, 0.15) is 92.0 Å². The van der Waals surface area contributed by atoms with Gasteiger partial charge in [0, 0.05) is 35.7 Å². The number of amides is 1. The van der Waals surface area contributed by atoms with E-state index in [1.165, 1.54) is 0 Å². The van der Waals surface area contributed by atoms with Crippen LogP contribution in [-0.2, 0) is 18.6 Å². The van der Waals surface area contributed by atoms with E-state index in [0.29, 0.717) is 29.4 Å². The minimum atomic E-state index is -1.49. The molecule has 0 spiro atoms. The number of anilines is 1. The predicted octanol–water partition coefficient (Wildman–Crippen LogP) is 6.47. The maximum absolute atomic E-state index is 13.5. The summed E-state index contributed by atoms with van der Waals surface area (Å²) in [5.74, 6) is 6.07. The zero-order chi connectivity index (χ0) is 33.6. The molecule has 3 aromatic rings. The normalized spacial score (nSPS) is 19.0. The van der Waals surface area contributed by atoms with Gasteiger partial charge in [-0.25, -0.2) is 4.67 Å². The van der Waals surface area contributed by atoms with Gasteiger partial charge in [0.15, 0.2) is 5.65 Å². The molecule has 4 atom stereocenters. The number of nitriles is 1. The van der Waals surface area contributed by atoms with E-state index in [1.807, 2.05) is 41.8 Å². The number of fused-ring (bicyclic) bond motifs is 1. The SMILES string of the molecule is CC[C@H]1O[C@@H](n2cc(C#Cc3ccccc3)c3c(=O)[nH]c(NC(=O)C(C)(C)C)nc32)CC1OP(OCCC#N)N(C(C)C)C(C)C. The Morgan fingerprint density at radius 3 is 2.52 bits per heavy atom. The highest BCUT2D eigenvalue weighted by molar-refractivity contribution is 7.44. The Morgan fingerprint density at radius 1 is 1.22 bits per heavy atom. The van der Waals surface area contributed by atoms with Crippen molar-refractivity contribution in [3.63, 3.8) is 0 Å². The van der Waals surface area contributed by atoms with Gasteiger partial charge < -0.3 is 18.4 Å². The largest absolute Gasteiger partial charge is 0.352 e. The van der Waals surface area contributed by atoms with Gasteiger partial charge in [-0.1, -0.05) is 57.7 Å². The van der Waals surface area contributed by atoms with Crippen LogP contribution < -0.4 is 10.9 Å². The summed E-state index contributed by atoms with van der Waals surface area (Å²) in [6.07, 6.45) is 2.12. The highest BCUT2D eigenvalue weighted by Crippen LogP contribution is 2.50. The molecule has 246 valence electrons. The van der Waals surface area contributed by atoms with E-state index in [2.05, 4.69) is 60.6 Å². The number of H-pyrrole nitrogens is 1. The number of nitrogens with zero attached hydrogens (tertiary/aromatic N) is 4. The number of nitrogens with one attached hydrogen (secondary N) is 2. The van der Waals surface area contributed by atoms with Gasteiger partial charge in [-0.3, -0.25) is 19.9 Å². The highest BCUT2D eigenvalue weighted by Gasteiger charge is 2.41. The molecule has 2 unspecified atom stereocenters. The quantitative estimate of drug-likeness (QED) is 0.137. The van der Waals surface area contributed by atoms with E-state index in [1.54, 1.807) is 27.0 Å². The maximum Gasteiger partial charge on any atom is 0.263 e. The Bertz CT molecular complexity index is 1650. The lowest BCUT2D eigenvalue weighted by Gasteiger charge is -2.37. The second-order valence-corrected chi connectivity index (χ2v) is 14.3. The Labute approximate surface area is 272 Å². The lowest BCUT2D eigenvalue weighted by Crippen LogP contribution is -2.35. The molecule has 12 heteroatoms. The fourth-order valence-electron chi connectivity index (χ4n) is 5.24. The minimum Gasteiger partial charge on any atom is -0.352 e. The maximum atomic E-state index is 13.5. The monoisotopic (exact) mass is 648 g/mol. The Morgan fingerprint density at radius 2 is 1.91 bits per heavy atom. The molecule has 2 aromatic heterocycles. The smallest absolute Gasteiger partial charge is 0.263 e. The van der Waals surface area contributed by atoms with Crippen molar-refractivity contribution < 1.29 is 18.6 Å². The topological polar surface area (TPSA) is 135 Å². The van der Waals surface area contributed by atoms with E-state index < -0.39 is 25.7 Å². The molecule has 0 aliphatic carbocycles. The number of hydrogen-bond acceptors (Lipinski definition) is 8. The number of benzene rings is 1. The number of aromatic amines is 1. The van der Waals surface area contributed by atoms with E-state index in [0.717, 1.165) is 5.56 Å². The van der Waals surface area contributed by atoms with E-state index in [9.17, 15) is 9.59 Å². The molecule has 2 N–H and O–H groups in total. The van der Waals surface area contributed by atoms with Crippen molar-refractivity contribution in [3.8, 4) is 17.9 Å². The zero-order valence-electron chi connectivity index (χ0n) is 28.0. The van der Waals surface area contributed by atoms with E-state index in [-0.39, 0.29) is 49.2 Å². The Kier molecular flexibility index (Phi) is 11.8. The van der Waals surface area contributed by atoms with Crippen molar-refractivity contribution in [3.05, 3.63) is 58.0 Å². The first kappa shape index (κ1) is 35.3. The second-order valence-electron chi connectivity index (χ2n) is 12.8. The van der Waals surface area contributed by atoms with Gasteiger partial charge in [0.05, 0.1) is 42.3 Å². The zero-order valence-corrected chi connectivity index (χ0v) is 28.9. The van der Waals surface area contributed by atoms with Crippen molar-refractivity contribution in [2.75, 3.05) is 11.9 Å². The van der Waals surface area contributed by atoms with Crippen molar-refractivity contribution in [1.82, 2.24) is 19.2 Å². The van der Waals surface area contributed by atoms with Gasteiger partial charge in [0.2, 0.25) is 11.9 Å². The molecule has 1 saturated heterocycles. The first-order valence-electron chi connectivity index (χ1n) is 15.8. The third kappa shape index (κ3) is 8.41. The summed E-state index contributed by atoms with van der Waals surface area (Å²) in [5.41, 5.74) is 0.549. The lowest BCUT2D eigenvalue weighted by molar-refractivity contribution is -0.123. The van der Waals surface area contributed by atoms with Crippen LogP contribution in [0.25, 0.3) is 11.0 Å². The molecule has 46 heavy (non-hydrogen) atoms. The average molecular weight is 649 g/mol. The van der Waals surface area contributed by atoms with Gasteiger partial charge in [-0.15, -0.1) is 0 Å². The van der Waals surface area contributed by atoms with Crippen molar-refractivity contribution in [2.45, 2.75) is 105 Å². The summed E-state index contributed by atoms with van der Waals surface area (Å²) >= 11 is 0. The fraction of sp³-hybridized carbons (Fsp3) is 0.529. The molecule has 0 saturated carbocycles. The van der Waals surface area contributed by atoms with E-state index >= 15 is 0 Å². The Hall–Kier alpha value is -3.57. The van der Waals surface area contributed by atoms with Gasteiger partial charge in [-0.05, 0) is 46.2 Å². The second kappa shape index (κ2) is 15.3. The van der Waals surface area contributed by atoms with Gasteiger partial charge in [-0.2, -0.15) is 10.2 Å². The van der Waals surface area contributed by atoms with Gasteiger partial charge in [0.25, 0.3) is 14.1 Å². The van der Waals surface area contributed by atoms with Crippen LogP contribution in [0.3, 0.4) is 0 Å². The van der Waals surface area contributed by atoms with Crippen LogP contribution in [0, 0.1) is 28.6 Å². The molecule has 0 bridgehead atoms. The number of hydrogen-bond donors (Lipinski definition) is 2. The molecule has 0 radical (unpaired) electrons. The van der Waals surface area contributed by atoms with Crippen molar-refractivity contribution in [2.24, 2.45) is 5.41 Å². The summed E-state index contributed by atoms with van der Waals surface area (Å²) in [7, 11) is -1.49. The Balaban J connectivity index is 1.74. The van der Waals surface area contributed by atoms with Crippen LogP contribution in [0.5, 0.6) is 0 Å². The molecular weight excluding hydrogens is 603 g/mol. The summed E-state index contributed by atoms with van der Waals surface area (Å²) in [6.45, 7) is 16.1. The summed E-state index contributed by atoms with van der Waals surface area (Å²) < 4.78 is 23.5. The number of aromatic nitrogens is 3. The summed E-state index contributed by atoms with van der Waals surface area (Å²) in [4.78, 5) is 33.7. The van der Waals surface area contributed by atoms with Crippen LogP contribution in [0.2, 0.25) is 0 Å². The molecule has 1 aromatic carbocycles. The molecule has 4 rings (SSSR count). The first-order valence-corrected chi connectivity index (χ1v) is 16.9. The highest BCUT2D eigenvalue weighted by atomic mass is 31.2. The number of rotatable bonds is 11. The third-order valence-corrected chi connectivity index (χ3v) is 9.65. The molecule has 1 aliphatic rings. The summed E-state index contributed by atoms with van der Waals surface area (Å²) in [6, 6.07) is 12.0.